The lowest BCUT2D eigenvalue weighted by Crippen LogP contribution is -2.32. The number of aliphatic hydroxyl groups is 2. The average molecular weight is 438 g/mol. The molecular weight excluding hydrogens is 398 g/mol. The molecule has 0 unspecified atom stereocenters. The van der Waals surface area contributed by atoms with E-state index in [4.69, 9.17) is 0 Å². The van der Waals surface area contributed by atoms with Crippen molar-refractivity contribution >= 4 is 5.91 Å². The second kappa shape index (κ2) is 17.9. The summed E-state index contributed by atoms with van der Waals surface area (Å²) in [5, 5.41) is 23.1. The molecule has 0 aromatic heterocycles. The molecule has 3 atom stereocenters. The first-order valence-corrected chi connectivity index (χ1v) is 11.5. The fraction of sp³-hybridized carbons (Fsp3) is 0.393. The molecule has 0 aromatic rings. The summed E-state index contributed by atoms with van der Waals surface area (Å²) < 4.78 is 0. The van der Waals surface area contributed by atoms with Crippen molar-refractivity contribution in [1.82, 2.24) is 5.32 Å². The normalized spacial score (nSPS) is 30.8. The minimum Gasteiger partial charge on any atom is -0.393 e. The Hall–Kier alpha value is -2.69. The first kappa shape index (κ1) is 27.3. The quantitative estimate of drug-likeness (QED) is 0.504. The lowest BCUT2D eigenvalue weighted by Gasteiger charge is -2.14. The summed E-state index contributed by atoms with van der Waals surface area (Å²) in [4.78, 5) is 12.3. The maximum atomic E-state index is 12.3. The van der Waals surface area contributed by atoms with Gasteiger partial charge in [0.2, 0.25) is 5.91 Å². The highest BCUT2D eigenvalue weighted by Crippen LogP contribution is 2.08. The van der Waals surface area contributed by atoms with Gasteiger partial charge in [0, 0.05) is 18.5 Å². The van der Waals surface area contributed by atoms with Gasteiger partial charge in [0.1, 0.15) is 0 Å². The maximum absolute atomic E-state index is 12.3. The molecule has 32 heavy (non-hydrogen) atoms. The minimum absolute atomic E-state index is 0.00300. The lowest BCUT2D eigenvalue weighted by atomic mass is 10.1. The number of allylic oxidation sites excluding steroid dienone is 11. The fourth-order valence-corrected chi connectivity index (χ4v) is 2.97. The van der Waals surface area contributed by atoms with Gasteiger partial charge in [0.25, 0.3) is 0 Å². The smallest absolute Gasteiger partial charge is 0.244 e. The molecule has 1 rings (SSSR count). The van der Waals surface area contributed by atoms with Crippen LogP contribution in [0.3, 0.4) is 0 Å². The second-order valence-electron chi connectivity index (χ2n) is 7.88. The molecule has 0 aromatic carbocycles. The van der Waals surface area contributed by atoms with E-state index in [0.29, 0.717) is 6.42 Å². The SMILES string of the molecule is CCC/C=C/C=C/C[C@H]1C\C=C/C=C(C)\C=C/C[C@H](O)C[C@H](O)\C=C/C=C\C=C/C(=O)N1. The van der Waals surface area contributed by atoms with Gasteiger partial charge in [-0.15, -0.1) is 0 Å². The van der Waals surface area contributed by atoms with Crippen LogP contribution < -0.4 is 5.32 Å². The minimum atomic E-state index is -0.717. The zero-order valence-electron chi connectivity index (χ0n) is 19.4. The fourth-order valence-electron chi connectivity index (χ4n) is 2.97. The molecule has 0 radical (unpaired) electrons. The molecule has 1 aliphatic rings. The number of carbonyl (C=O) groups excluding carboxylic acids is 1. The third-order valence-corrected chi connectivity index (χ3v) is 4.74. The molecule has 3 N–H and O–H groups in total. The summed E-state index contributed by atoms with van der Waals surface area (Å²) in [7, 11) is 0. The molecule has 4 heteroatoms. The first-order chi connectivity index (χ1) is 15.5. The number of aliphatic hydroxyl groups excluding tert-OH is 2. The Balaban J connectivity index is 2.87. The van der Waals surface area contributed by atoms with Gasteiger partial charge in [-0.25, -0.2) is 0 Å². The first-order valence-electron chi connectivity index (χ1n) is 11.5. The Morgan fingerprint density at radius 1 is 1.00 bits per heavy atom. The van der Waals surface area contributed by atoms with E-state index in [0.717, 1.165) is 31.3 Å². The summed E-state index contributed by atoms with van der Waals surface area (Å²) in [5.41, 5.74) is 1.07. The Bertz CT molecular complexity index is 766. The zero-order chi connectivity index (χ0) is 23.4. The molecule has 0 saturated carbocycles. The van der Waals surface area contributed by atoms with Crippen molar-refractivity contribution in [2.45, 2.75) is 70.6 Å². The van der Waals surface area contributed by atoms with E-state index in [1.165, 1.54) is 6.08 Å². The molecular formula is C28H39NO3. The van der Waals surface area contributed by atoms with Gasteiger partial charge >= 0.3 is 0 Å². The number of hydrogen-bond donors (Lipinski definition) is 3. The Morgan fingerprint density at radius 2 is 1.78 bits per heavy atom. The number of nitrogens with one attached hydrogen (secondary N) is 1. The van der Waals surface area contributed by atoms with Crippen LogP contribution in [-0.4, -0.2) is 34.4 Å². The van der Waals surface area contributed by atoms with E-state index in [2.05, 4.69) is 36.5 Å². The number of amides is 1. The van der Waals surface area contributed by atoms with E-state index in [1.807, 2.05) is 37.3 Å². The average Bonchev–Trinajstić information content (AvgIpc) is 2.75. The highest BCUT2D eigenvalue weighted by molar-refractivity contribution is 5.88. The highest BCUT2D eigenvalue weighted by Gasteiger charge is 2.08. The lowest BCUT2D eigenvalue weighted by molar-refractivity contribution is -0.117. The van der Waals surface area contributed by atoms with Crippen molar-refractivity contribution < 1.29 is 15.0 Å². The third-order valence-electron chi connectivity index (χ3n) is 4.74. The van der Waals surface area contributed by atoms with Crippen molar-refractivity contribution in [2.75, 3.05) is 0 Å². The predicted octanol–water partition coefficient (Wildman–Crippen LogP) is 5.41. The van der Waals surface area contributed by atoms with Crippen molar-refractivity contribution in [3.05, 3.63) is 96.7 Å². The van der Waals surface area contributed by atoms with Gasteiger partial charge in [-0.1, -0.05) is 104 Å². The number of carbonyl (C=O) groups is 1. The molecule has 4 nitrogen and oxygen atoms in total. The van der Waals surface area contributed by atoms with Gasteiger partial charge in [0.05, 0.1) is 12.2 Å². The maximum Gasteiger partial charge on any atom is 0.244 e. The molecule has 0 spiro atoms. The van der Waals surface area contributed by atoms with E-state index in [1.54, 1.807) is 30.4 Å². The van der Waals surface area contributed by atoms with Crippen LogP contribution in [0.2, 0.25) is 0 Å². The zero-order valence-corrected chi connectivity index (χ0v) is 19.4. The van der Waals surface area contributed by atoms with Gasteiger partial charge in [-0.2, -0.15) is 0 Å². The Kier molecular flexibility index (Phi) is 15.3. The van der Waals surface area contributed by atoms with Crippen LogP contribution in [-0.2, 0) is 4.79 Å². The molecule has 1 aliphatic heterocycles. The van der Waals surface area contributed by atoms with Gasteiger partial charge in [0.15, 0.2) is 0 Å². The van der Waals surface area contributed by atoms with E-state index < -0.39 is 12.2 Å². The summed E-state index contributed by atoms with van der Waals surface area (Å²) in [6.45, 7) is 4.15. The molecule has 0 fully saturated rings. The monoisotopic (exact) mass is 437 g/mol. The summed E-state index contributed by atoms with van der Waals surface area (Å²) in [5.74, 6) is -0.140. The molecule has 174 valence electrons. The molecule has 0 saturated heterocycles. The summed E-state index contributed by atoms with van der Waals surface area (Å²) in [6, 6.07) is 0.00300. The predicted molar refractivity (Wildman–Crippen MR) is 135 cm³/mol. The van der Waals surface area contributed by atoms with Crippen molar-refractivity contribution in [1.29, 1.82) is 0 Å². The second-order valence-corrected chi connectivity index (χ2v) is 7.88. The van der Waals surface area contributed by atoms with Crippen molar-refractivity contribution in [3.63, 3.8) is 0 Å². The topological polar surface area (TPSA) is 69.6 Å². The van der Waals surface area contributed by atoms with Gasteiger partial charge < -0.3 is 15.5 Å². The standard InChI is InChI=1S/C28H39NO3/c1-3-4-5-6-7-10-18-25-19-14-13-16-24(2)17-15-21-27(31)23-26(30)20-11-8-9-12-22-28(32)29-25/h5-17,20,22,25-27,30-31H,3-4,18-19,21,23H2,1-2H3,(H,29,32)/b6-5+,9-8-,10-7+,14-13-,17-15-,20-11-,22-12-,24-16-/t25-,26+,27-/m0/s1. The number of rotatable bonds is 5. The molecule has 0 aliphatic carbocycles. The molecule has 0 bridgehead atoms. The van der Waals surface area contributed by atoms with Gasteiger partial charge in [-0.3, -0.25) is 4.79 Å². The van der Waals surface area contributed by atoms with Crippen LogP contribution >= 0.6 is 0 Å². The molecule has 1 amide bonds. The molecule has 1 heterocycles. The van der Waals surface area contributed by atoms with Gasteiger partial charge in [-0.05, 0) is 32.6 Å². The van der Waals surface area contributed by atoms with E-state index in [9.17, 15) is 15.0 Å². The van der Waals surface area contributed by atoms with Crippen LogP contribution in [0.5, 0.6) is 0 Å². The summed E-state index contributed by atoms with van der Waals surface area (Å²) >= 11 is 0. The Labute approximate surface area is 193 Å². The number of unbranched alkanes of at least 4 members (excludes halogenated alkanes) is 1. The Morgan fingerprint density at radius 3 is 2.59 bits per heavy atom. The highest BCUT2D eigenvalue weighted by atomic mass is 16.3. The van der Waals surface area contributed by atoms with Crippen LogP contribution in [0, 0.1) is 0 Å². The third kappa shape index (κ3) is 15.2. The van der Waals surface area contributed by atoms with Crippen LogP contribution in [0.4, 0.5) is 0 Å². The van der Waals surface area contributed by atoms with Crippen LogP contribution in [0.15, 0.2) is 96.7 Å². The van der Waals surface area contributed by atoms with Crippen LogP contribution in [0.25, 0.3) is 0 Å². The largest absolute Gasteiger partial charge is 0.393 e. The van der Waals surface area contributed by atoms with Crippen molar-refractivity contribution in [3.8, 4) is 0 Å². The summed E-state index contributed by atoms with van der Waals surface area (Å²) in [6.07, 6.45) is 31.4. The number of hydrogen-bond acceptors (Lipinski definition) is 3. The van der Waals surface area contributed by atoms with Crippen molar-refractivity contribution in [2.24, 2.45) is 0 Å². The van der Waals surface area contributed by atoms with Crippen LogP contribution in [0.1, 0.15) is 52.4 Å². The van der Waals surface area contributed by atoms with E-state index >= 15 is 0 Å². The van der Waals surface area contributed by atoms with E-state index in [-0.39, 0.29) is 18.4 Å².